The van der Waals surface area contributed by atoms with Crippen molar-refractivity contribution < 1.29 is 12.8 Å². The summed E-state index contributed by atoms with van der Waals surface area (Å²) in [7, 11) is -3.92. The van der Waals surface area contributed by atoms with E-state index in [0.717, 1.165) is 28.2 Å². The van der Waals surface area contributed by atoms with Crippen molar-refractivity contribution in [1.82, 2.24) is 14.5 Å². The lowest BCUT2D eigenvalue weighted by atomic mass is 10.0. The molecule has 0 fully saturated rings. The van der Waals surface area contributed by atoms with E-state index in [1.54, 1.807) is 20.0 Å². The highest BCUT2D eigenvalue weighted by Crippen LogP contribution is 2.38. The second-order valence-electron chi connectivity index (χ2n) is 8.69. The highest BCUT2D eigenvalue weighted by Gasteiger charge is 2.26. The molecule has 0 bridgehead atoms. The van der Waals surface area contributed by atoms with Crippen molar-refractivity contribution in [2.45, 2.75) is 51.8 Å². The van der Waals surface area contributed by atoms with Crippen LogP contribution >= 0.6 is 22.9 Å². The molecular weight excluding hydrogens is 492 g/mol. The van der Waals surface area contributed by atoms with Gasteiger partial charge in [-0.3, -0.25) is 0 Å². The van der Waals surface area contributed by atoms with Gasteiger partial charge in [0.1, 0.15) is 15.8 Å². The summed E-state index contributed by atoms with van der Waals surface area (Å²) in [6, 6.07) is 7.57. The molecular formula is C24H27ClN4O3S2. The molecule has 1 aromatic carbocycles. The Morgan fingerprint density at radius 2 is 1.97 bits per heavy atom. The number of anilines is 1. The fourth-order valence-corrected chi connectivity index (χ4v) is 6.72. The first-order valence-corrected chi connectivity index (χ1v) is 13.6. The van der Waals surface area contributed by atoms with Gasteiger partial charge in [-0.05, 0) is 56.4 Å². The highest BCUT2D eigenvalue weighted by atomic mass is 35.5. The van der Waals surface area contributed by atoms with Crippen molar-refractivity contribution in [3.8, 4) is 11.1 Å². The monoisotopic (exact) mass is 518 g/mol. The topological polar surface area (TPSA) is 90.0 Å². The minimum Gasteiger partial charge on any atom is -0.428 e. The average molecular weight is 519 g/mol. The van der Waals surface area contributed by atoms with Crippen molar-refractivity contribution in [1.29, 1.82) is 0 Å². The van der Waals surface area contributed by atoms with E-state index in [2.05, 4.69) is 28.5 Å². The van der Waals surface area contributed by atoms with Gasteiger partial charge in [0.15, 0.2) is 0 Å². The number of hydrogen-bond acceptors (Lipinski definition) is 6. The quantitative estimate of drug-likeness (QED) is 0.299. The number of hydrogen-bond donors (Lipinski definition) is 1. The number of aromatic nitrogens is 3. The second-order valence-corrected chi connectivity index (χ2v) is 12.1. The Morgan fingerprint density at radius 3 is 2.56 bits per heavy atom. The molecule has 0 saturated heterocycles. The number of nitrogens with zero attached hydrogens (tertiary/aromatic N) is 3. The standard InChI is InChI=1S/C24H27ClN4O3S2/c1-14(2)10-20-12-21(23(33-20)34(30,31)28-24-27-15(3)16(4)32-24)18-6-7-19(22(25)11-18)13-29-9-8-26-17(29)5/h6-9,11-12,14H,10,13H2,1-5H3,(H,27,28). The predicted octanol–water partition coefficient (Wildman–Crippen LogP) is 6.23. The Morgan fingerprint density at radius 1 is 1.21 bits per heavy atom. The molecule has 0 unspecified atom stereocenters. The lowest BCUT2D eigenvalue weighted by Crippen LogP contribution is -2.12. The number of nitrogens with one attached hydrogen (secondary N) is 1. The average Bonchev–Trinajstić information content (AvgIpc) is 3.43. The van der Waals surface area contributed by atoms with Crippen LogP contribution in [0.5, 0.6) is 0 Å². The number of aryl methyl sites for hydroxylation is 3. The van der Waals surface area contributed by atoms with Crippen molar-refractivity contribution in [2.24, 2.45) is 5.92 Å². The fourth-order valence-electron chi connectivity index (χ4n) is 3.60. The summed E-state index contributed by atoms with van der Waals surface area (Å²) in [4.78, 5) is 9.40. The Labute approximate surface area is 208 Å². The second kappa shape index (κ2) is 9.56. The number of halogens is 1. The lowest BCUT2D eigenvalue weighted by molar-refractivity contribution is 0.542. The van der Waals surface area contributed by atoms with Crippen LogP contribution in [0.3, 0.4) is 0 Å². The van der Waals surface area contributed by atoms with E-state index >= 15 is 0 Å². The normalized spacial score (nSPS) is 12.0. The molecule has 4 rings (SSSR count). The molecule has 10 heteroatoms. The zero-order chi connectivity index (χ0) is 24.6. The first kappa shape index (κ1) is 24.5. The third-order valence-corrected chi connectivity index (χ3v) is 8.84. The summed E-state index contributed by atoms with van der Waals surface area (Å²) in [6.07, 6.45) is 4.43. The van der Waals surface area contributed by atoms with Crippen molar-refractivity contribution in [2.75, 3.05) is 4.72 Å². The third-order valence-electron chi connectivity index (χ3n) is 5.48. The molecule has 0 saturated carbocycles. The molecule has 0 aliphatic heterocycles. The van der Waals surface area contributed by atoms with Crippen LogP contribution in [0.25, 0.3) is 11.1 Å². The summed E-state index contributed by atoms with van der Waals surface area (Å²) in [5.74, 6) is 1.85. The number of imidazole rings is 1. The van der Waals surface area contributed by atoms with Gasteiger partial charge in [-0.2, -0.15) is 4.98 Å². The summed E-state index contributed by atoms with van der Waals surface area (Å²) in [5.41, 5.74) is 2.92. The van der Waals surface area contributed by atoms with Gasteiger partial charge in [0.2, 0.25) is 0 Å². The zero-order valence-corrected chi connectivity index (χ0v) is 22.1. The molecule has 34 heavy (non-hydrogen) atoms. The first-order chi connectivity index (χ1) is 16.0. The third kappa shape index (κ3) is 5.21. The van der Waals surface area contributed by atoms with E-state index in [4.69, 9.17) is 16.0 Å². The molecule has 0 atom stereocenters. The molecule has 0 radical (unpaired) electrons. The zero-order valence-electron chi connectivity index (χ0n) is 19.7. The molecule has 0 spiro atoms. The van der Waals surface area contributed by atoms with Crippen LogP contribution in [0.4, 0.5) is 6.01 Å². The summed E-state index contributed by atoms with van der Waals surface area (Å²) < 4.78 is 36.9. The Kier molecular flexibility index (Phi) is 6.89. The van der Waals surface area contributed by atoms with E-state index in [9.17, 15) is 8.42 Å². The predicted molar refractivity (Wildman–Crippen MR) is 136 cm³/mol. The van der Waals surface area contributed by atoms with Gasteiger partial charge in [0.25, 0.3) is 10.0 Å². The van der Waals surface area contributed by atoms with Gasteiger partial charge in [-0.1, -0.05) is 37.6 Å². The first-order valence-electron chi connectivity index (χ1n) is 10.9. The Bertz CT molecular complexity index is 1410. The summed E-state index contributed by atoms with van der Waals surface area (Å²) in [6.45, 7) is 10.2. The number of rotatable bonds is 8. The summed E-state index contributed by atoms with van der Waals surface area (Å²) in [5, 5.41) is 0.567. The molecule has 0 aliphatic carbocycles. The maximum Gasteiger partial charge on any atom is 0.309 e. The molecule has 1 N–H and O–H groups in total. The molecule has 0 amide bonds. The van der Waals surface area contributed by atoms with Crippen LogP contribution in [-0.2, 0) is 23.0 Å². The maximum atomic E-state index is 13.4. The van der Waals surface area contributed by atoms with Gasteiger partial charge >= 0.3 is 6.01 Å². The Balaban J connectivity index is 1.72. The van der Waals surface area contributed by atoms with Crippen molar-refractivity contribution >= 4 is 39.0 Å². The van der Waals surface area contributed by atoms with Crippen LogP contribution in [0.2, 0.25) is 5.02 Å². The van der Waals surface area contributed by atoms with Gasteiger partial charge in [0, 0.05) is 27.9 Å². The minimum absolute atomic E-state index is 0.0381. The Hall–Kier alpha value is -2.62. The number of benzene rings is 1. The van der Waals surface area contributed by atoms with Crippen LogP contribution in [0, 0.1) is 26.7 Å². The van der Waals surface area contributed by atoms with Gasteiger partial charge < -0.3 is 8.98 Å². The highest BCUT2D eigenvalue weighted by molar-refractivity contribution is 7.94. The van der Waals surface area contributed by atoms with E-state index < -0.39 is 10.0 Å². The van der Waals surface area contributed by atoms with Gasteiger partial charge in [0.05, 0.1) is 12.2 Å². The van der Waals surface area contributed by atoms with E-state index in [0.29, 0.717) is 34.5 Å². The van der Waals surface area contributed by atoms with Crippen LogP contribution in [0.15, 0.2) is 45.3 Å². The largest absolute Gasteiger partial charge is 0.428 e. The van der Waals surface area contributed by atoms with Crippen molar-refractivity contribution in [3.63, 3.8) is 0 Å². The van der Waals surface area contributed by atoms with Gasteiger partial charge in [-0.25, -0.2) is 18.1 Å². The number of thiophene rings is 1. The molecule has 3 heterocycles. The molecule has 180 valence electrons. The van der Waals surface area contributed by atoms with Crippen LogP contribution < -0.4 is 4.72 Å². The van der Waals surface area contributed by atoms with E-state index in [1.807, 2.05) is 42.0 Å². The van der Waals surface area contributed by atoms with Crippen LogP contribution in [-0.4, -0.2) is 23.0 Å². The smallest absolute Gasteiger partial charge is 0.309 e. The minimum atomic E-state index is -3.92. The summed E-state index contributed by atoms with van der Waals surface area (Å²) >= 11 is 7.90. The van der Waals surface area contributed by atoms with Crippen molar-refractivity contribution in [3.05, 3.63) is 69.4 Å². The molecule has 4 aromatic rings. The fraction of sp³-hybridized carbons (Fsp3) is 0.333. The molecule has 0 aliphatic rings. The SMILES string of the molecule is Cc1nc(NS(=O)(=O)c2sc(CC(C)C)cc2-c2ccc(Cn3ccnc3C)c(Cl)c2)oc1C. The molecule has 3 aromatic heterocycles. The van der Waals surface area contributed by atoms with Gasteiger partial charge in [-0.15, -0.1) is 11.3 Å². The van der Waals surface area contributed by atoms with E-state index in [-0.39, 0.29) is 10.2 Å². The van der Waals surface area contributed by atoms with Crippen LogP contribution in [0.1, 0.15) is 41.6 Å². The molecule has 7 nitrogen and oxygen atoms in total. The number of oxazole rings is 1. The maximum absolute atomic E-state index is 13.4. The van der Waals surface area contributed by atoms with E-state index in [1.165, 1.54) is 11.3 Å². The number of sulfonamides is 1. The lowest BCUT2D eigenvalue weighted by Gasteiger charge is -2.10.